The highest BCUT2D eigenvalue weighted by atomic mass is 32.2. The third-order valence-electron chi connectivity index (χ3n) is 3.16. The van der Waals surface area contributed by atoms with Crippen LogP contribution in [-0.4, -0.2) is 41.4 Å². The molecule has 0 amide bonds. The topological polar surface area (TPSA) is 108 Å². The van der Waals surface area contributed by atoms with Crippen molar-refractivity contribution in [1.82, 2.24) is 14.8 Å². The van der Waals surface area contributed by atoms with Gasteiger partial charge in [0.25, 0.3) is 0 Å². The number of carbonyl (C=O) groups excluding carboxylic acids is 2. The first-order chi connectivity index (χ1) is 12.9. The Morgan fingerprint density at radius 3 is 2.46 bits per heavy atom. The van der Waals surface area contributed by atoms with Gasteiger partial charge in [0.2, 0.25) is 0 Å². The average Bonchev–Trinajstić information content (AvgIpc) is 3.07. The molecule has 0 aliphatic rings. The third kappa shape index (κ3) is 5.36. The van der Waals surface area contributed by atoms with Gasteiger partial charge in [0.1, 0.15) is 6.33 Å². The molecule has 0 saturated carbocycles. The number of halogens is 3. The fraction of sp³-hybridized carbons (Fsp3) is 0.125. The van der Waals surface area contributed by atoms with E-state index < -0.39 is 38.4 Å². The molecule has 1 heterocycles. The molecule has 148 valence electrons. The predicted octanol–water partition coefficient (Wildman–Crippen LogP) is 2.09. The van der Waals surface area contributed by atoms with Crippen LogP contribution in [0.1, 0.15) is 5.56 Å². The minimum Gasteiger partial charge on any atom is -0.387 e. The largest absolute Gasteiger partial charge is 0.416 e. The molecule has 0 bridgehead atoms. The Morgan fingerprint density at radius 1 is 1.21 bits per heavy atom. The molecule has 1 aromatic carbocycles. The molecule has 0 aliphatic carbocycles. The second-order valence-electron chi connectivity index (χ2n) is 5.32. The summed E-state index contributed by atoms with van der Waals surface area (Å²) >= 11 is 0. The van der Waals surface area contributed by atoms with Gasteiger partial charge in [-0.2, -0.15) is 13.2 Å². The number of nitrogens with zero attached hydrogens (tertiary/aromatic N) is 3. The Hall–Kier alpha value is -3.28. The number of alkyl halides is 3. The summed E-state index contributed by atoms with van der Waals surface area (Å²) in [7, 11) is -3.92. The first kappa shape index (κ1) is 21.0. The van der Waals surface area contributed by atoms with Gasteiger partial charge in [-0.25, -0.2) is 27.7 Å². The molecule has 0 fully saturated rings. The Labute approximate surface area is 156 Å². The molecular formula is C16H12F3N3O5S. The minimum atomic E-state index is -4.78. The summed E-state index contributed by atoms with van der Waals surface area (Å²) < 4.78 is 67.8. The molecule has 0 spiro atoms. The van der Waals surface area contributed by atoms with E-state index in [1.807, 2.05) is 0 Å². The number of carbonyl (C=O) groups is 2. The average molecular weight is 415 g/mol. The number of rotatable bonds is 5. The zero-order valence-electron chi connectivity index (χ0n) is 14.2. The van der Waals surface area contributed by atoms with E-state index in [-0.39, 0.29) is 11.4 Å². The Morgan fingerprint density at radius 2 is 1.89 bits per heavy atom. The van der Waals surface area contributed by atoms with Gasteiger partial charge in [0, 0.05) is 30.2 Å². The molecule has 28 heavy (non-hydrogen) atoms. The van der Waals surface area contributed by atoms with E-state index in [1.54, 1.807) is 0 Å². The molecule has 0 saturated heterocycles. The standard InChI is InChI=1S/C16H12F3N3O5S/c1-3-13(23)27-14(24)4-5-22-9-20-15(21-22)10-6-11(16(17,18)19)8-12(7-10)28(2,25)26/h3-9H,1H2,2H3. The molecule has 8 nitrogen and oxygen atoms in total. The fourth-order valence-electron chi connectivity index (χ4n) is 1.90. The smallest absolute Gasteiger partial charge is 0.387 e. The highest BCUT2D eigenvalue weighted by Gasteiger charge is 2.32. The van der Waals surface area contributed by atoms with Crippen molar-refractivity contribution < 1.29 is 35.9 Å². The quantitative estimate of drug-likeness (QED) is 0.418. The highest BCUT2D eigenvalue weighted by molar-refractivity contribution is 7.90. The first-order valence-electron chi connectivity index (χ1n) is 7.30. The van der Waals surface area contributed by atoms with Gasteiger partial charge in [0.15, 0.2) is 15.7 Å². The van der Waals surface area contributed by atoms with E-state index in [0.29, 0.717) is 12.1 Å². The van der Waals surface area contributed by atoms with Gasteiger partial charge in [-0.15, -0.1) is 5.10 Å². The summed E-state index contributed by atoms with van der Waals surface area (Å²) in [4.78, 5) is 25.5. The molecule has 0 atom stereocenters. The zero-order chi connectivity index (χ0) is 21.1. The number of hydrogen-bond acceptors (Lipinski definition) is 7. The molecule has 0 aliphatic heterocycles. The molecule has 2 aromatic rings. The van der Waals surface area contributed by atoms with Crippen LogP contribution in [-0.2, 0) is 30.3 Å². The summed E-state index contributed by atoms with van der Waals surface area (Å²) in [5.74, 6) is -2.21. The predicted molar refractivity (Wildman–Crippen MR) is 90.2 cm³/mol. The van der Waals surface area contributed by atoms with E-state index in [4.69, 9.17) is 0 Å². The van der Waals surface area contributed by atoms with Crippen LogP contribution < -0.4 is 0 Å². The monoisotopic (exact) mass is 415 g/mol. The van der Waals surface area contributed by atoms with Crippen molar-refractivity contribution in [2.45, 2.75) is 11.1 Å². The lowest BCUT2D eigenvalue weighted by Crippen LogP contribution is -2.08. The third-order valence-corrected chi connectivity index (χ3v) is 4.25. The van der Waals surface area contributed by atoms with E-state index in [9.17, 15) is 31.2 Å². The van der Waals surface area contributed by atoms with Crippen molar-refractivity contribution in [3.63, 3.8) is 0 Å². The number of ether oxygens (including phenoxy) is 1. The molecule has 0 N–H and O–H groups in total. The molecule has 12 heteroatoms. The van der Waals surface area contributed by atoms with Crippen molar-refractivity contribution in [3.05, 3.63) is 48.8 Å². The normalized spacial score (nSPS) is 12.1. The SMILES string of the molecule is C=CC(=O)OC(=O)C=Cn1cnc(-c2cc(C(F)(F)F)cc(S(C)(=O)=O)c2)n1. The minimum absolute atomic E-state index is 0.188. The van der Waals surface area contributed by atoms with Gasteiger partial charge < -0.3 is 4.74 Å². The lowest BCUT2D eigenvalue weighted by molar-refractivity contribution is -0.152. The first-order valence-corrected chi connectivity index (χ1v) is 9.19. The number of sulfone groups is 1. The van der Waals surface area contributed by atoms with Crippen molar-refractivity contribution in [1.29, 1.82) is 0 Å². The van der Waals surface area contributed by atoms with Crippen LogP contribution in [0.25, 0.3) is 17.6 Å². The van der Waals surface area contributed by atoms with Crippen LogP contribution >= 0.6 is 0 Å². The Bertz CT molecular complexity index is 1070. The molecule has 2 rings (SSSR count). The van der Waals surface area contributed by atoms with E-state index in [1.165, 1.54) is 0 Å². The maximum atomic E-state index is 13.1. The summed E-state index contributed by atoms with van der Waals surface area (Å²) in [5.41, 5.74) is -1.37. The molecular weight excluding hydrogens is 403 g/mol. The zero-order valence-corrected chi connectivity index (χ0v) is 15.0. The number of hydrogen-bond donors (Lipinski definition) is 0. The fourth-order valence-corrected chi connectivity index (χ4v) is 2.58. The molecule has 0 radical (unpaired) electrons. The Balaban J connectivity index is 2.38. The van der Waals surface area contributed by atoms with Crippen molar-refractivity contribution in [2.24, 2.45) is 0 Å². The van der Waals surface area contributed by atoms with Crippen LogP contribution in [0.2, 0.25) is 0 Å². The lowest BCUT2D eigenvalue weighted by Gasteiger charge is -2.10. The Kier molecular flexibility index (Phi) is 5.83. The van der Waals surface area contributed by atoms with Crippen molar-refractivity contribution >= 4 is 28.0 Å². The van der Waals surface area contributed by atoms with Crippen LogP contribution in [0.3, 0.4) is 0 Å². The highest BCUT2D eigenvalue weighted by Crippen LogP contribution is 2.33. The molecule has 0 unspecified atom stereocenters. The number of esters is 2. The number of aromatic nitrogens is 3. The van der Waals surface area contributed by atoms with Crippen LogP contribution in [0, 0.1) is 0 Å². The van der Waals surface area contributed by atoms with Crippen molar-refractivity contribution in [2.75, 3.05) is 6.26 Å². The van der Waals surface area contributed by atoms with Gasteiger partial charge in [-0.05, 0) is 18.2 Å². The summed E-state index contributed by atoms with van der Waals surface area (Å²) in [6.07, 6.45) is -0.286. The lowest BCUT2D eigenvalue weighted by atomic mass is 10.1. The summed E-state index contributed by atoms with van der Waals surface area (Å²) in [5, 5.41) is 3.84. The number of benzene rings is 1. The van der Waals surface area contributed by atoms with Gasteiger partial charge >= 0.3 is 18.1 Å². The van der Waals surface area contributed by atoms with Crippen LogP contribution in [0.5, 0.6) is 0 Å². The van der Waals surface area contributed by atoms with E-state index in [2.05, 4.69) is 21.4 Å². The summed E-state index contributed by atoms with van der Waals surface area (Å²) in [6.45, 7) is 3.12. The van der Waals surface area contributed by atoms with Crippen molar-refractivity contribution in [3.8, 4) is 11.4 Å². The van der Waals surface area contributed by atoms with Gasteiger partial charge in [-0.1, -0.05) is 6.58 Å². The maximum absolute atomic E-state index is 13.1. The van der Waals surface area contributed by atoms with Gasteiger partial charge in [-0.3, -0.25) is 0 Å². The van der Waals surface area contributed by atoms with E-state index in [0.717, 1.165) is 41.7 Å². The van der Waals surface area contributed by atoms with Gasteiger partial charge in [0.05, 0.1) is 10.5 Å². The van der Waals surface area contributed by atoms with Crippen LogP contribution in [0.15, 0.2) is 48.2 Å². The maximum Gasteiger partial charge on any atom is 0.416 e. The molecule has 1 aromatic heterocycles. The second-order valence-corrected chi connectivity index (χ2v) is 7.34. The second kappa shape index (κ2) is 7.76. The van der Waals surface area contributed by atoms with E-state index >= 15 is 0 Å². The van der Waals surface area contributed by atoms with Crippen LogP contribution in [0.4, 0.5) is 13.2 Å². The summed E-state index contributed by atoms with van der Waals surface area (Å²) in [6, 6.07) is 2.22.